The molecule has 0 radical (unpaired) electrons. The summed E-state index contributed by atoms with van der Waals surface area (Å²) < 4.78 is 0. The minimum Gasteiger partial charge on any atom is -0.396 e. The van der Waals surface area contributed by atoms with Gasteiger partial charge in [-0.2, -0.15) is 0 Å². The summed E-state index contributed by atoms with van der Waals surface area (Å²) >= 11 is 1.63. The highest BCUT2D eigenvalue weighted by atomic mass is 32.2. The molecule has 82 valence electrons. The number of thioether (sulfide) groups is 1. The monoisotopic (exact) mass is 224 g/mol. The SMILES string of the molecule is Cc1ccc(SCCCO)c(C(=N)N)c1. The number of nitrogen functional groups attached to an aromatic ring is 1. The first-order chi connectivity index (χ1) is 7.15. The summed E-state index contributed by atoms with van der Waals surface area (Å²) in [6.45, 7) is 2.18. The Labute approximate surface area is 94.2 Å². The van der Waals surface area contributed by atoms with Crippen LogP contribution in [0, 0.1) is 12.3 Å². The summed E-state index contributed by atoms with van der Waals surface area (Å²) in [5.74, 6) is 0.949. The van der Waals surface area contributed by atoms with E-state index in [4.69, 9.17) is 16.2 Å². The molecule has 0 aliphatic heterocycles. The molecule has 0 heterocycles. The fraction of sp³-hybridized carbons (Fsp3) is 0.364. The maximum atomic E-state index is 8.69. The van der Waals surface area contributed by atoms with Crippen LogP contribution in [0.1, 0.15) is 17.5 Å². The van der Waals surface area contributed by atoms with Gasteiger partial charge >= 0.3 is 0 Å². The van der Waals surface area contributed by atoms with Gasteiger partial charge in [-0.15, -0.1) is 11.8 Å². The first kappa shape index (κ1) is 12.1. The van der Waals surface area contributed by atoms with E-state index in [9.17, 15) is 0 Å². The van der Waals surface area contributed by atoms with Crippen molar-refractivity contribution in [1.82, 2.24) is 0 Å². The van der Waals surface area contributed by atoms with Crippen molar-refractivity contribution in [2.75, 3.05) is 12.4 Å². The predicted octanol–water partition coefficient (Wildman–Crippen LogP) is 1.75. The van der Waals surface area contributed by atoms with Gasteiger partial charge in [0.2, 0.25) is 0 Å². The summed E-state index contributed by atoms with van der Waals surface area (Å²) in [7, 11) is 0. The van der Waals surface area contributed by atoms with E-state index in [1.807, 2.05) is 25.1 Å². The number of aliphatic hydroxyl groups is 1. The van der Waals surface area contributed by atoms with E-state index >= 15 is 0 Å². The summed E-state index contributed by atoms with van der Waals surface area (Å²) in [4.78, 5) is 1.02. The summed E-state index contributed by atoms with van der Waals surface area (Å²) in [6, 6.07) is 5.91. The first-order valence-electron chi connectivity index (χ1n) is 4.84. The van der Waals surface area contributed by atoms with E-state index in [0.29, 0.717) is 0 Å². The van der Waals surface area contributed by atoms with Crippen LogP contribution in [0.3, 0.4) is 0 Å². The van der Waals surface area contributed by atoms with Crippen molar-refractivity contribution in [3.8, 4) is 0 Å². The van der Waals surface area contributed by atoms with E-state index in [1.165, 1.54) is 0 Å². The minimum absolute atomic E-state index is 0.102. The molecule has 1 aromatic carbocycles. The van der Waals surface area contributed by atoms with Crippen LogP contribution < -0.4 is 5.73 Å². The molecule has 0 amide bonds. The van der Waals surface area contributed by atoms with Crippen LogP contribution in [0.15, 0.2) is 23.1 Å². The van der Waals surface area contributed by atoms with Crippen LogP contribution in [-0.2, 0) is 0 Å². The second-order valence-corrected chi connectivity index (χ2v) is 4.48. The molecule has 0 bridgehead atoms. The van der Waals surface area contributed by atoms with Crippen molar-refractivity contribution in [1.29, 1.82) is 5.41 Å². The zero-order valence-corrected chi connectivity index (χ0v) is 9.60. The number of benzene rings is 1. The van der Waals surface area contributed by atoms with Crippen molar-refractivity contribution >= 4 is 17.6 Å². The van der Waals surface area contributed by atoms with Gasteiger partial charge in [-0.25, -0.2) is 0 Å². The normalized spacial score (nSPS) is 10.3. The topological polar surface area (TPSA) is 70.1 Å². The second-order valence-electron chi connectivity index (χ2n) is 3.34. The van der Waals surface area contributed by atoms with Crippen molar-refractivity contribution < 1.29 is 5.11 Å². The fourth-order valence-corrected chi connectivity index (χ4v) is 2.21. The van der Waals surface area contributed by atoms with Crippen LogP contribution in [0.2, 0.25) is 0 Å². The summed E-state index contributed by atoms with van der Waals surface area (Å²) in [5.41, 5.74) is 7.40. The van der Waals surface area contributed by atoms with Crippen LogP contribution in [0.25, 0.3) is 0 Å². The first-order valence-corrected chi connectivity index (χ1v) is 5.82. The number of amidine groups is 1. The van der Waals surface area contributed by atoms with E-state index < -0.39 is 0 Å². The molecule has 0 atom stereocenters. The Bertz CT molecular complexity index is 352. The number of rotatable bonds is 5. The summed E-state index contributed by atoms with van der Waals surface area (Å²) in [6.07, 6.45) is 0.760. The molecule has 3 nitrogen and oxygen atoms in total. The lowest BCUT2D eigenvalue weighted by Crippen LogP contribution is -2.12. The fourth-order valence-electron chi connectivity index (χ4n) is 1.23. The average Bonchev–Trinajstić information content (AvgIpc) is 2.20. The lowest BCUT2D eigenvalue weighted by molar-refractivity contribution is 0.296. The molecule has 0 fully saturated rings. The maximum Gasteiger partial charge on any atom is 0.123 e. The van der Waals surface area contributed by atoms with Gasteiger partial charge in [0, 0.05) is 22.8 Å². The van der Waals surface area contributed by atoms with Gasteiger partial charge in [0.15, 0.2) is 0 Å². The van der Waals surface area contributed by atoms with Crippen LogP contribution in [0.5, 0.6) is 0 Å². The van der Waals surface area contributed by atoms with E-state index in [1.54, 1.807) is 11.8 Å². The Balaban J connectivity index is 2.81. The van der Waals surface area contributed by atoms with E-state index in [2.05, 4.69) is 0 Å². The van der Waals surface area contributed by atoms with Gasteiger partial charge in [0.25, 0.3) is 0 Å². The molecule has 0 aromatic heterocycles. The van der Waals surface area contributed by atoms with Crippen molar-refractivity contribution in [3.05, 3.63) is 29.3 Å². The third-order valence-corrected chi connectivity index (χ3v) is 3.15. The minimum atomic E-state index is 0.102. The van der Waals surface area contributed by atoms with Crippen molar-refractivity contribution in [2.45, 2.75) is 18.2 Å². The molecule has 0 saturated heterocycles. The Morgan fingerprint density at radius 1 is 1.53 bits per heavy atom. The number of nitrogens with one attached hydrogen (secondary N) is 1. The molecule has 4 N–H and O–H groups in total. The highest BCUT2D eigenvalue weighted by molar-refractivity contribution is 7.99. The summed E-state index contributed by atoms with van der Waals surface area (Å²) in [5, 5.41) is 16.2. The lowest BCUT2D eigenvalue weighted by atomic mass is 10.1. The van der Waals surface area contributed by atoms with Gasteiger partial charge in [0.1, 0.15) is 5.84 Å². The number of hydrogen-bond donors (Lipinski definition) is 3. The largest absolute Gasteiger partial charge is 0.396 e. The molecular weight excluding hydrogens is 208 g/mol. The molecule has 0 saturated carbocycles. The smallest absolute Gasteiger partial charge is 0.123 e. The Kier molecular flexibility index (Phi) is 4.65. The van der Waals surface area contributed by atoms with Gasteiger partial charge in [-0.3, -0.25) is 5.41 Å². The lowest BCUT2D eigenvalue weighted by Gasteiger charge is -2.08. The third-order valence-electron chi connectivity index (χ3n) is 1.99. The molecule has 15 heavy (non-hydrogen) atoms. The standard InChI is InChI=1S/C11H16N2OS/c1-8-3-4-10(15-6-2-5-14)9(7-8)11(12)13/h3-4,7,14H,2,5-6H2,1H3,(H3,12,13). The maximum absolute atomic E-state index is 8.69. The van der Waals surface area contributed by atoms with E-state index in [0.717, 1.165) is 28.2 Å². The molecule has 0 aliphatic carbocycles. The van der Waals surface area contributed by atoms with Gasteiger partial charge in [-0.05, 0) is 25.5 Å². The molecule has 0 spiro atoms. The average molecular weight is 224 g/mol. The second kappa shape index (κ2) is 5.78. The van der Waals surface area contributed by atoms with Crippen LogP contribution in [-0.4, -0.2) is 23.3 Å². The van der Waals surface area contributed by atoms with Crippen LogP contribution in [0.4, 0.5) is 0 Å². The van der Waals surface area contributed by atoms with E-state index in [-0.39, 0.29) is 12.4 Å². The predicted molar refractivity (Wildman–Crippen MR) is 64.6 cm³/mol. The molecule has 4 heteroatoms. The highest BCUT2D eigenvalue weighted by Gasteiger charge is 2.05. The Hall–Kier alpha value is -1.00. The molecule has 1 aromatic rings. The zero-order chi connectivity index (χ0) is 11.3. The highest BCUT2D eigenvalue weighted by Crippen LogP contribution is 2.24. The third kappa shape index (κ3) is 3.57. The number of aryl methyl sites for hydroxylation is 1. The quantitative estimate of drug-likeness (QED) is 0.309. The van der Waals surface area contributed by atoms with Gasteiger partial charge in [0.05, 0.1) is 0 Å². The molecule has 1 rings (SSSR count). The Morgan fingerprint density at radius 3 is 2.87 bits per heavy atom. The molecular formula is C11H16N2OS. The Morgan fingerprint density at radius 2 is 2.27 bits per heavy atom. The number of nitrogens with two attached hydrogens (primary N) is 1. The van der Waals surface area contributed by atoms with Gasteiger partial charge in [-0.1, -0.05) is 11.6 Å². The zero-order valence-electron chi connectivity index (χ0n) is 8.79. The molecule has 0 aliphatic rings. The van der Waals surface area contributed by atoms with Crippen LogP contribution >= 0.6 is 11.8 Å². The number of aliphatic hydroxyl groups excluding tert-OH is 1. The van der Waals surface area contributed by atoms with Crippen molar-refractivity contribution in [3.63, 3.8) is 0 Å². The molecule has 0 unspecified atom stereocenters. The van der Waals surface area contributed by atoms with Gasteiger partial charge < -0.3 is 10.8 Å². The number of hydrogen-bond acceptors (Lipinski definition) is 3. The van der Waals surface area contributed by atoms with Crippen molar-refractivity contribution in [2.24, 2.45) is 5.73 Å².